The number of nitrogens with zero attached hydrogens (tertiary/aromatic N) is 3. The van der Waals surface area contributed by atoms with Crippen LogP contribution >= 0.6 is 0 Å². The van der Waals surface area contributed by atoms with Crippen molar-refractivity contribution < 1.29 is 9.53 Å². The van der Waals surface area contributed by atoms with Gasteiger partial charge in [0.15, 0.2) is 5.69 Å². The minimum absolute atomic E-state index is 0.166. The van der Waals surface area contributed by atoms with Gasteiger partial charge in [-0.1, -0.05) is 43.3 Å². The molecule has 7 heteroatoms. The lowest BCUT2D eigenvalue weighted by molar-refractivity contribution is 0.0949. The van der Waals surface area contributed by atoms with Gasteiger partial charge in [-0.3, -0.25) is 9.59 Å². The number of fused-ring (bicyclic) bond motifs is 1. The number of allylic oxidation sites excluding steroid dienone is 1. The largest absolute Gasteiger partial charge is 0.496 e. The lowest BCUT2D eigenvalue weighted by Crippen LogP contribution is -2.29. The molecule has 3 aromatic rings. The summed E-state index contributed by atoms with van der Waals surface area (Å²) in [7, 11) is 1.61. The Balaban J connectivity index is 1.79. The predicted octanol–water partition coefficient (Wildman–Crippen LogP) is 3.24. The van der Waals surface area contributed by atoms with Gasteiger partial charge in [-0.2, -0.15) is 10.2 Å². The minimum Gasteiger partial charge on any atom is -0.496 e. The molecule has 0 unspecified atom stereocenters. The van der Waals surface area contributed by atoms with Gasteiger partial charge in [0.2, 0.25) is 0 Å². The van der Waals surface area contributed by atoms with Gasteiger partial charge >= 0.3 is 0 Å². The molecule has 0 aliphatic heterocycles. The summed E-state index contributed by atoms with van der Waals surface area (Å²) < 4.78 is 6.60. The van der Waals surface area contributed by atoms with E-state index in [1.807, 2.05) is 37.3 Å². The summed E-state index contributed by atoms with van der Waals surface area (Å²) in [6, 6.07) is 14.5. The normalized spacial score (nSPS) is 11.4. The standard InChI is InChI=1S/C22H22N4O3/c1-3-15-26-22(28)18-12-6-5-11-17(18)20(25-26)21(27)24-23-14-8-10-16-9-4-7-13-19(16)29-2/h4-14H,3,15H2,1-2H3,(H,24,27)/b10-8+,23-14+. The van der Waals surface area contributed by atoms with Crippen molar-refractivity contribution >= 4 is 29.0 Å². The lowest BCUT2D eigenvalue weighted by atomic mass is 10.1. The Morgan fingerprint density at radius 3 is 2.66 bits per heavy atom. The van der Waals surface area contributed by atoms with Crippen LogP contribution in [0.1, 0.15) is 29.4 Å². The predicted molar refractivity (Wildman–Crippen MR) is 114 cm³/mol. The van der Waals surface area contributed by atoms with Crippen LogP contribution in [0, 0.1) is 0 Å². The summed E-state index contributed by atoms with van der Waals surface area (Å²) in [4.78, 5) is 25.1. The molecular formula is C22H22N4O3. The lowest BCUT2D eigenvalue weighted by Gasteiger charge is -2.09. The third-order valence-electron chi connectivity index (χ3n) is 4.26. The van der Waals surface area contributed by atoms with E-state index in [0.717, 1.165) is 17.7 Å². The first-order chi connectivity index (χ1) is 14.2. The number of rotatable bonds is 7. The van der Waals surface area contributed by atoms with E-state index in [0.29, 0.717) is 17.3 Å². The Morgan fingerprint density at radius 1 is 1.17 bits per heavy atom. The number of aromatic nitrogens is 2. The van der Waals surface area contributed by atoms with Crippen molar-refractivity contribution in [1.29, 1.82) is 0 Å². The maximum absolute atomic E-state index is 12.6. The third-order valence-corrected chi connectivity index (χ3v) is 4.26. The molecule has 0 atom stereocenters. The number of amides is 1. The number of nitrogens with one attached hydrogen (secondary N) is 1. The first kappa shape index (κ1) is 20.0. The number of para-hydroxylation sites is 1. The van der Waals surface area contributed by atoms with Crippen LogP contribution in [-0.4, -0.2) is 29.0 Å². The van der Waals surface area contributed by atoms with Crippen LogP contribution in [0.2, 0.25) is 0 Å². The number of carbonyl (C=O) groups excluding carboxylic acids is 1. The average Bonchev–Trinajstić information content (AvgIpc) is 2.75. The second-order valence-corrected chi connectivity index (χ2v) is 6.24. The highest BCUT2D eigenvalue weighted by molar-refractivity contribution is 6.04. The summed E-state index contributed by atoms with van der Waals surface area (Å²) in [5.41, 5.74) is 3.32. The number of ether oxygens (including phenoxy) is 1. The van der Waals surface area contributed by atoms with Gasteiger partial charge in [0.1, 0.15) is 5.75 Å². The van der Waals surface area contributed by atoms with Crippen molar-refractivity contribution in [2.45, 2.75) is 19.9 Å². The number of methoxy groups -OCH3 is 1. The molecule has 3 rings (SSSR count). The number of hydrogen-bond donors (Lipinski definition) is 1. The van der Waals surface area contributed by atoms with Gasteiger partial charge in [-0.05, 0) is 30.7 Å². The molecule has 1 N–H and O–H groups in total. The van der Waals surface area contributed by atoms with Crippen molar-refractivity contribution in [3.63, 3.8) is 0 Å². The average molecular weight is 390 g/mol. The highest BCUT2D eigenvalue weighted by Crippen LogP contribution is 2.18. The summed E-state index contributed by atoms with van der Waals surface area (Å²) in [5, 5.41) is 9.15. The molecule has 0 aliphatic rings. The quantitative estimate of drug-likeness (QED) is 0.496. The topological polar surface area (TPSA) is 85.6 Å². The minimum atomic E-state index is -0.479. The Hall–Kier alpha value is -3.74. The molecule has 29 heavy (non-hydrogen) atoms. The molecule has 0 spiro atoms. The second-order valence-electron chi connectivity index (χ2n) is 6.24. The molecule has 0 aliphatic carbocycles. The Morgan fingerprint density at radius 2 is 1.90 bits per heavy atom. The van der Waals surface area contributed by atoms with Gasteiger partial charge in [-0.15, -0.1) is 0 Å². The van der Waals surface area contributed by atoms with E-state index in [-0.39, 0.29) is 11.3 Å². The maximum atomic E-state index is 12.6. The first-order valence-corrected chi connectivity index (χ1v) is 9.28. The van der Waals surface area contributed by atoms with Crippen LogP contribution < -0.4 is 15.7 Å². The number of hydrazone groups is 1. The fourth-order valence-electron chi connectivity index (χ4n) is 2.91. The second kappa shape index (κ2) is 9.45. The molecule has 0 saturated carbocycles. The van der Waals surface area contributed by atoms with Crippen molar-refractivity contribution in [3.8, 4) is 5.75 Å². The SMILES string of the molecule is CCCn1nc(C(=O)N/N=C/C=C/c2ccccc2OC)c2ccccc2c1=O. The molecule has 7 nitrogen and oxygen atoms in total. The van der Waals surface area contributed by atoms with Gasteiger partial charge in [0.05, 0.1) is 12.5 Å². The van der Waals surface area contributed by atoms with Crippen LogP contribution in [0.15, 0.2) is 64.5 Å². The van der Waals surface area contributed by atoms with E-state index in [4.69, 9.17) is 4.74 Å². The van der Waals surface area contributed by atoms with Gasteiger partial charge < -0.3 is 4.74 Å². The zero-order chi connectivity index (χ0) is 20.6. The molecule has 1 aromatic heterocycles. The summed E-state index contributed by atoms with van der Waals surface area (Å²) in [6.07, 6.45) is 5.72. The smallest absolute Gasteiger partial charge is 0.292 e. The van der Waals surface area contributed by atoms with E-state index >= 15 is 0 Å². The molecule has 0 bridgehead atoms. The first-order valence-electron chi connectivity index (χ1n) is 9.28. The van der Waals surface area contributed by atoms with E-state index in [1.165, 1.54) is 10.9 Å². The van der Waals surface area contributed by atoms with E-state index in [9.17, 15) is 9.59 Å². The molecule has 1 amide bonds. The Bertz CT molecular complexity index is 1130. The number of hydrogen-bond acceptors (Lipinski definition) is 5. The van der Waals surface area contributed by atoms with E-state index < -0.39 is 5.91 Å². The fraction of sp³-hybridized carbons (Fsp3) is 0.182. The zero-order valence-corrected chi connectivity index (χ0v) is 16.3. The Kier molecular flexibility index (Phi) is 6.52. The van der Waals surface area contributed by atoms with Crippen LogP contribution in [0.5, 0.6) is 5.75 Å². The van der Waals surface area contributed by atoms with E-state index in [1.54, 1.807) is 37.5 Å². The van der Waals surface area contributed by atoms with Crippen molar-refractivity contribution in [2.75, 3.05) is 7.11 Å². The summed E-state index contributed by atoms with van der Waals surface area (Å²) in [5.74, 6) is 0.267. The fourth-order valence-corrected chi connectivity index (χ4v) is 2.91. The van der Waals surface area contributed by atoms with Crippen LogP contribution in [0.25, 0.3) is 16.8 Å². The molecular weight excluding hydrogens is 368 g/mol. The van der Waals surface area contributed by atoms with Crippen molar-refractivity contribution in [3.05, 3.63) is 76.2 Å². The molecule has 148 valence electrons. The summed E-state index contributed by atoms with van der Waals surface area (Å²) in [6.45, 7) is 2.39. The monoisotopic (exact) mass is 390 g/mol. The molecule has 1 heterocycles. The maximum Gasteiger partial charge on any atom is 0.292 e. The van der Waals surface area contributed by atoms with Gasteiger partial charge in [-0.25, -0.2) is 10.1 Å². The molecule has 0 saturated heterocycles. The molecule has 2 aromatic carbocycles. The third kappa shape index (κ3) is 4.57. The van der Waals surface area contributed by atoms with Crippen LogP contribution in [0.4, 0.5) is 0 Å². The van der Waals surface area contributed by atoms with Gasteiger partial charge in [0.25, 0.3) is 11.5 Å². The van der Waals surface area contributed by atoms with Crippen LogP contribution in [-0.2, 0) is 6.54 Å². The molecule has 0 fully saturated rings. The Labute approximate surface area is 168 Å². The van der Waals surface area contributed by atoms with Crippen molar-refractivity contribution in [2.24, 2.45) is 5.10 Å². The number of aryl methyl sites for hydroxylation is 1. The summed E-state index contributed by atoms with van der Waals surface area (Å²) >= 11 is 0. The van der Waals surface area contributed by atoms with E-state index in [2.05, 4.69) is 15.6 Å². The number of carbonyl (C=O) groups is 1. The van der Waals surface area contributed by atoms with Crippen molar-refractivity contribution in [1.82, 2.24) is 15.2 Å². The number of benzene rings is 2. The highest BCUT2D eigenvalue weighted by Gasteiger charge is 2.15. The van der Waals surface area contributed by atoms with Crippen LogP contribution in [0.3, 0.4) is 0 Å². The van der Waals surface area contributed by atoms with Gasteiger partial charge in [0, 0.05) is 23.7 Å². The zero-order valence-electron chi connectivity index (χ0n) is 16.3. The molecule has 0 radical (unpaired) electrons. The highest BCUT2D eigenvalue weighted by atomic mass is 16.5.